The monoisotopic (exact) mass is 428 g/mol. The minimum Gasteiger partial charge on any atom is -0.335 e. The summed E-state index contributed by atoms with van der Waals surface area (Å²) in [6.07, 6.45) is 8.55. The van der Waals surface area contributed by atoms with Crippen LogP contribution < -0.4 is 15.1 Å². The molecule has 31 heavy (non-hydrogen) atoms. The number of quaternary nitrogens is 2. The van der Waals surface area contributed by atoms with E-state index >= 15 is 0 Å². The number of anilines is 1. The lowest BCUT2D eigenvalue weighted by atomic mass is 9.78. The summed E-state index contributed by atoms with van der Waals surface area (Å²) in [5, 5.41) is 3.09. The number of rotatable bonds is 6. The number of carbonyl (C=O) groups excluding carboxylic acids is 2. The van der Waals surface area contributed by atoms with Crippen molar-refractivity contribution in [2.45, 2.75) is 57.9 Å². The number of hydrogen-bond donors (Lipinski definition) is 3. The topological polar surface area (TPSA) is 58.3 Å². The molecule has 2 saturated heterocycles. The molecule has 0 bridgehead atoms. The Bertz CT molecular complexity index is 758. The number of amides is 2. The quantitative estimate of drug-likeness (QED) is 0.604. The largest absolute Gasteiger partial charge is 0.335 e. The number of nitrogens with zero attached hydrogens (tertiary/aromatic N) is 1. The summed E-state index contributed by atoms with van der Waals surface area (Å²) < 4.78 is 0. The summed E-state index contributed by atoms with van der Waals surface area (Å²) in [7, 11) is 0. The highest BCUT2D eigenvalue weighted by atomic mass is 16.2. The number of para-hydroxylation sites is 1. The highest BCUT2D eigenvalue weighted by Crippen LogP contribution is 2.35. The third-order valence-corrected chi connectivity index (χ3v) is 7.71. The molecule has 2 aliphatic heterocycles. The number of likely N-dealkylation sites (tertiary alicyclic amines) is 1. The summed E-state index contributed by atoms with van der Waals surface area (Å²) in [6.45, 7) is 8.07. The van der Waals surface area contributed by atoms with Gasteiger partial charge in [0.05, 0.1) is 0 Å². The summed E-state index contributed by atoms with van der Waals surface area (Å²) in [5.41, 5.74) is 2.11. The first-order chi connectivity index (χ1) is 15.1. The SMILES string of the molecule is CCc1ccccc1NC(=O)C[NH+]1CC[NH+](CC(=O)N2CCC[C@@H]3CCCC[C@H]32)CC1. The van der Waals surface area contributed by atoms with E-state index in [9.17, 15) is 9.59 Å². The molecule has 0 radical (unpaired) electrons. The molecule has 0 unspecified atom stereocenters. The van der Waals surface area contributed by atoms with Crippen molar-refractivity contribution in [2.24, 2.45) is 5.92 Å². The Hall–Kier alpha value is -1.92. The number of hydrogen-bond acceptors (Lipinski definition) is 2. The summed E-state index contributed by atoms with van der Waals surface area (Å²) in [4.78, 5) is 30.6. The van der Waals surface area contributed by atoms with Gasteiger partial charge in [0, 0.05) is 18.3 Å². The van der Waals surface area contributed by atoms with E-state index in [0.29, 0.717) is 25.0 Å². The zero-order valence-electron chi connectivity index (χ0n) is 19.1. The molecule has 2 atom stereocenters. The van der Waals surface area contributed by atoms with Crippen LogP contribution in [0.3, 0.4) is 0 Å². The van der Waals surface area contributed by atoms with E-state index in [1.165, 1.54) is 53.9 Å². The van der Waals surface area contributed by atoms with Gasteiger partial charge in [-0.15, -0.1) is 0 Å². The van der Waals surface area contributed by atoms with Crippen molar-refractivity contribution < 1.29 is 19.4 Å². The third kappa shape index (κ3) is 5.66. The molecule has 3 aliphatic rings. The van der Waals surface area contributed by atoms with Crippen LogP contribution in [0, 0.1) is 5.92 Å². The van der Waals surface area contributed by atoms with Crippen LogP contribution in [0.1, 0.15) is 51.0 Å². The highest BCUT2D eigenvalue weighted by Gasteiger charge is 2.37. The first-order valence-electron chi connectivity index (χ1n) is 12.5. The lowest BCUT2D eigenvalue weighted by Crippen LogP contribution is -3.28. The average Bonchev–Trinajstić information content (AvgIpc) is 2.80. The van der Waals surface area contributed by atoms with Gasteiger partial charge >= 0.3 is 0 Å². The molecular weight excluding hydrogens is 388 g/mol. The Morgan fingerprint density at radius 2 is 1.65 bits per heavy atom. The lowest BCUT2D eigenvalue weighted by molar-refractivity contribution is -1.00. The summed E-state index contributed by atoms with van der Waals surface area (Å²) in [5.74, 6) is 1.20. The maximum atomic E-state index is 13.1. The molecule has 2 heterocycles. The molecule has 1 aromatic rings. The van der Waals surface area contributed by atoms with Crippen molar-refractivity contribution in [1.82, 2.24) is 4.90 Å². The van der Waals surface area contributed by atoms with E-state index in [-0.39, 0.29) is 5.91 Å². The van der Waals surface area contributed by atoms with Gasteiger partial charge in [-0.25, -0.2) is 0 Å². The van der Waals surface area contributed by atoms with Gasteiger partial charge in [0.15, 0.2) is 13.1 Å². The molecule has 1 aliphatic carbocycles. The van der Waals surface area contributed by atoms with Crippen molar-refractivity contribution in [2.75, 3.05) is 51.1 Å². The van der Waals surface area contributed by atoms with Crippen molar-refractivity contribution >= 4 is 17.5 Å². The second-order valence-electron chi connectivity index (χ2n) is 9.75. The zero-order chi connectivity index (χ0) is 21.6. The number of piperidine rings is 1. The summed E-state index contributed by atoms with van der Waals surface area (Å²) >= 11 is 0. The molecule has 170 valence electrons. The first-order valence-corrected chi connectivity index (χ1v) is 12.5. The maximum absolute atomic E-state index is 13.1. The lowest BCUT2D eigenvalue weighted by Gasteiger charge is -2.44. The Morgan fingerprint density at radius 1 is 0.968 bits per heavy atom. The number of nitrogens with one attached hydrogen (secondary N) is 3. The number of fused-ring (bicyclic) bond motifs is 1. The molecular formula is C25H40N4O2+2. The summed E-state index contributed by atoms with van der Waals surface area (Å²) in [6, 6.07) is 8.55. The van der Waals surface area contributed by atoms with Crippen molar-refractivity contribution in [3.63, 3.8) is 0 Å². The van der Waals surface area contributed by atoms with Crippen LogP contribution in [-0.2, 0) is 16.0 Å². The molecule has 6 heteroatoms. The van der Waals surface area contributed by atoms with Crippen LogP contribution in [0.5, 0.6) is 0 Å². The second-order valence-corrected chi connectivity index (χ2v) is 9.75. The Balaban J connectivity index is 1.21. The maximum Gasteiger partial charge on any atom is 0.279 e. The minimum absolute atomic E-state index is 0.0899. The average molecular weight is 429 g/mol. The fraction of sp³-hybridized carbons (Fsp3) is 0.680. The highest BCUT2D eigenvalue weighted by molar-refractivity contribution is 5.92. The minimum atomic E-state index is 0.0899. The molecule has 0 spiro atoms. The van der Waals surface area contributed by atoms with Crippen LogP contribution in [0.15, 0.2) is 24.3 Å². The molecule has 1 saturated carbocycles. The number of piperazine rings is 1. The molecule has 3 fully saturated rings. The number of aryl methyl sites for hydroxylation is 1. The van der Waals surface area contributed by atoms with Crippen LogP contribution in [-0.4, -0.2) is 68.6 Å². The van der Waals surface area contributed by atoms with Gasteiger partial charge in [-0.05, 0) is 49.7 Å². The predicted molar refractivity (Wildman–Crippen MR) is 122 cm³/mol. The van der Waals surface area contributed by atoms with Gasteiger partial charge < -0.3 is 20.0 Å². The van der Waals surface area contributed by atoms with Crippen LogP contribution in [0.2, 0.25) is 0 Å². The molecule has 2 amide bonds. The fourth-order valence-electron chi connectivity index (χ4n) is 5.93. The normalized spacial score (nSPS) is 28.6. The standard InChI is InChI=1S/C25H38N4O2/c1-2-20-8-3-5-11-22(20)26-24(30)18-27-14-16-28(17-15-27)19-25(31)29-13-7-10-21-9-4-6-12-23(21)29/h3,5,8,11,21,23H,2,4,6-7,9-10,12-19H2,1H3,(H,26,30)/p+2/t21-,23+/m0/s1. The molecule has 3 N–H and O–H groups in total. The number of carbonyl (C=O) groups is 2. The van der Waals surface area contributed by atoms with Gasteiger partial charge in [0.1, 0.15) is 26.2 Å². The first kappa shape index (κ1) is 22.3. The molecule has 6 nitrogen and oxygen atoms in total. The van der Waals surface area contributed by atoms with Crippen LogP contribution in [0.25, 0.3) is 0 Å². The zero-order valence-corrected chi connectivity index (χ0v) is 19.1. The van der Waals surface area contributed by atoms with Gasteiger partial charge in [0.25, 0.3) is 11.8 Å². The van der Waals surface area contributed by atoms with Crippen molar-refractivity contribution in [3.05, 3.63) is 29.8 Å². The molecule has 1 aromatic carbocycles. The van der Waals surface area contributed by atoms with E-state index in [1.807, 2.05) is 18.2 Å². The second kappa shape index (κ2) is 10.6. The van der Waals surface area contributed by atoms with E-state index in [0.717, 1.165) is 50.7 Å². The smallest absolute Gasteiger partial charge is 0.279 e. The van der Waals surface area contributed by atoms with Gasteiger partial charge in [-0.3, -0.25) is 9.59 Å². The Kier molecular flexibility index (Phi) is 7.62. The Morgan fingerprint density at radius 3 is 2.42 bits per heavy atom. The van der Waals surface area contributed by atoms with E-state index in [2.05, 4.69) is 23.2 Å². The molecule has 0 aromatic heterocycles. The van der Waals surface area contributed by atoms with E-state index in [4.69, 9.17) is 0 Å². The number of benzene rings is 1. The van der Waals surface area contributed by atoms with Crippen molar-refractivity contribution in [1.29, 1.82) is 0 Å². The van der Waals surface area contributed by atoms with E-state index in [1.54, 1.807) is 0 Å². The van der Waals surface area contributed by atoms with E-state index < -0.39 is 0 Å². The molecule has 4 rings (SSSR count). The van der Waals surface area contributed by atoms with Crippen LogP contribution in [0.4, 0.5) is 5.69 Å². The predicted octanol–water partition coefficient (Wildman–Crippen LogP) is 0.152. The Labute approximate surface area is 187 Å². The van der Waals surface area contributed by atoms with Crippen LogP contribution >= 0.6 is 0 Å². The van der Waals surface area contributed by atoms with Gasteiger partial charge in [-0.2, -0.15) is 0 Å². The van der Waals surface area contributed by atoms with Crippen molar-refractivity contribution in [3.8, 4) is 0 Å². The van der Waals surface area contributed by atoms with Gasteiger partial charge in [-0.1, -0.05) is 38.0 Å². The van der Waals surface area contributed by atoms with Gasteiger partial charge in [0.2, 0.25) is 0 Å². The fourth-order valence-corrected chi connectivity index (χ4v) is 5.93. The third-order valence-electron chi connectivity index (χ3n) is 7.71.